The third-order valence-electron chi connectivity index (χ3n) is 5.18. The summed E-state index contributed by atoms with van der Waals surface area (Å²) in [7, 11) is 0. The van der Waals surface area contributed by atoms with Crippen LogP contribution >= 0.6 is 23.2 Å². The molecule has 0 radical (unpaired) electrons. The smallest absolute Gasteiger partial charge is 0.142 e. The minimum Gasteiger partial charge on any atom is -0.383 e. The summed E-state index contributed by atoms with van der Waals surface area (Å²) in [6.45, 7) is 0. The van der Waals surface area contributed by atoms with E-state index in [0.29, 0.717) is 21.5 Å². The van der Waals surface area contributed by atoms with Gasteiger partial charge in [-0.1, -0.05) is 59.6 Å². The van der Waals surface area contributed by atoms with Gasteiger partial charge in [-0.15, -0.1) is 0 Å². The molecule has 0 amide bonds. The molecule has 1 aromatic heterocycles. The first kappa shape index (κ1) is 17.9. The molecule has 0 saturated carbocycles. The number of anilines is 1. The van der Waals surface area contributed by atoms with E-state index < -0.39 is 0 Å². The van der Waals surface area contributed by atoms with Crippen LogP contribution in [-0.2, 0) is 12.8 Å². The molecule has 1 atom stereocenters. The number of nitriles is 1. The number of rotatable bonds is 2. The van der Waals surface area contributed by atoms with Crippen molar-refractivity contribution in [3.8, 4) is 17.2 Å². The van der Waals surface area contributed by atoms with Crippen LogP contribution in [0.1, 0.15) is 34.7 Å². The van der Waals surface area contributed by atoms with Crippen LogP contribution in [0.4, 0.5) is 5.82 Å². The Morgan fingerprint density at radius 3 is 2.56 bits per heavy atom. The van der Waals surface area contributed by atoms with Gasteiger partial charge in [-0.05, 0) is 54.0 Å². The standard InChI is InChI=1S/C22H17Cl2N3/c23-18-8-6-15(11-19(18)24)21-16-10-14(13-4-2-1-3-5-13)7-9-20(16)27-22(26)17(21)12-25/h1-6,8,11,14H,7,9-10H2,(H2,26,27). The molecule has 27 heavy (non-hydrogen) atoms. The molecule has 2 N–H and O–H groups in total. The number of nitrogen functional groups attached to an aromatic ring is 1. The van der Waals surface area contributed by atoms with Gasteiger partial charge in [-0.2, -0.15) is 5.26 Å². The lowest BCUT2D eigenvalue weighted by Crippen LogP contribution is -2.17. The number of nitrogens with zero attached hydrogens (tertiary/aromatic N) is 2. The molecule has 0 aliphatic heterocycles. The highest BCUT2D eigenvalue weighted by atomic mass is 35.5. The van der Waals surface area contributed by atoms with E-state index in [1.165, 1.54) is 5.56 Å². The van der Waals surface area contributed by atoms with E-state index >= 15 is 0 Å². The Labute approximate surface area is 168 Å². The molecule has 134 valence electrons. The summed E-state index contributed by atoms with van der Waals surface area (Å²) in [6.07, 6.45) is 2.66. The average Bonchev–Trinajstić information content (AvgIpc) is 2.69. The molecule has 1 heterocycles. The molecule has 0 spiro atoms. The second-order valence-electron chi connectivity index (χ2n) is 6.76. The summed E-state index contributed by atoms with van der Waals surface area (Å²) in [5.41, 5.74) is 11.6. The van der Waals surface area contributed by atoms with Crippen LogP contribution in [0.2, 0.25) is 10.0 Å². The maximum Gasteiger partial charge on any atom is 0.142 e. The molecule has 1 unspecified atom stereocenters. The fourth-order valence-electron chi connectivity index (χ4n) is 3.87. The number of hydrogen-bond acceptors (Lipinski definition) is 3. The maximum atomic E-state index is 9.74. The van der Waals surface area contributed by atoms with Crippen molar-refractivity contribution in [1.29, 1.82) is 5.26 Å². The molecule has 5 heteroatoms. The first-order chi connectivity index (χ1) is 13.1. The molecule has 0 bridgehead atoms. The Morgan fingerprint density at radius 2 is 1.85 bits per heavy atom. The topological polar surface area (TPSA) is 62.7 Å². The highest BCUT2D eigenvalue weighted by Crippen LogP contribution is 2.41. The van der Waals surface area contributed by atoms with E-state index in [4.69, 9.17) is 28.9 Å². The van der Waals surface area contributed by atoms with Crippen molar-refractivity contribution in [2.24, 2.45) is 0 Å². The summed E-state index contributed by atoms with van der Waals surface area (Å²) in [5, 5.41) is 10.7. The zero-order valence-corrected chi connectivity index (χ0v) is 16.1. The van der Waals surface area contributed by atoms with Gasteiger partial charge in [0.05, 0.1) is 10.0 Å². The third-order valence-corrected chi connectivity index (χ3v) is 5.92. The summed E-state index contributed by atoms with van der Waals surface area (Å²) in [6, 6.07) is 18.1. The van der Waals surface area contributed by atoms with Crippen molar-refractivity contribution in [3.05, 3.63) is 81.0 Å². The van der Waals surface area contributed by atoms with E-state index in [2.05, 4.69) is 35.3 Å². The highest BCUT2D eigenvalue weighted by molar-refractivity contribution is 6.42. The van der Waals surface area contributed by atoms with Gasteiger partial charge in [0.2, 0.25) is 0 Å². The first-order valence-electron chi connectivity index (χ1n) is 8.80. The van der Waals surface area contributed by atoms with Crippen LogP contribution in [0.15, 0.2) is 48.5 Å². The molecule has 1 aliphatic rings. The summed E-state index contributed by atoms with van der Waals surface area (Å²) >= 11 is 12.3. The van der Waals surface area contributed by atoms with Gasteiger partial charge >= 0.3 is 0 Å². The van der Waals surface area contributed by atoms with Gasteiger partial charge in [0.1, 0.15) is 17.5 Å². The molecule has 0 saturated heterocycles. The lowest BCUT2D eigenvalue weighted by atomic mass is 9.78. The van der Waals surface area contributed by atoms with Crippen molar-refractivity contribution in [2.45, 2.75) is 25.2 Å². The van der Waals surface area contributed by atoms with Gasteiger partial charge in [-0.3, -0.25) is 0 Å². The predicted molar refractivity (Wildman–Crippen MR) is 110 cm³/mol. The Morgan fingerprint density at radius 1 is 1.07 bits per heavy atom. The SMILES string of the molecule is N#Cc1c(N)nc2c(c1-c1ccc(Cl)c(Cl)c1)CC(c1ccccc1)CC2. The molecule has 4 rings (SSSR count). The van der Waals surface area contributed by atoms with Gasteiger partial charge in [-0.25, -0.2) is 4.98 Å². The van der Waals surface area contributed by atoms with Crippen LogP contribution in [-0.4, -0.2) is 4.98 Å². The quantitative estimate of drug-likeness (QED) is 0.599. The zero-order chi connectivity index (χ0) is 19.0. The van der Waals surface area contributed by atoms with Crippen molar-refractivity contribution in [3.63, 3.8) is 0 Å². The van der Waals surface area contributed by atoms with Gasteiger partial charge in [0.15, 0.2) is 0 Å². The molecule has 1 aliphatic carbocycles. The van der Waals surface area contributed by atoms with E-state index in [9.17, 15) is 5.26 Å². The summed E-state index contributed by atoms with van der Waals surface area (Å²) in [4.78, 5) is 4.53. The van der Waals surface area contributed by atoms with Crippen LogP contribution in [0.3, 0.4) is 0 Å². The molecule has 2 aromatic carbocycles. The Kier molecular flexibility index (Phi) is 4.78. The van der Waals surface area contributed by atoms with Gasteiger partial charge < -0.3 is 5.73 Å². The molecule has 0 fully saturated rings. The van der Waals surface area contributed by atoms with Crippen LogP contribution in [0, 0.1) is 11.3 Å². The molecule has 3 nitrogen and oxygen atoms in total. The first-order valence-corrected chi connectivity index (χ1v) is 9.55. The summed E-state index contributed by atoms with van der Waals surface area (Å²) < 4.78 is 0. The second-order valence-corrected chi connectivity index (χ2v) is 7.58. The monoisotopic (exact) mass is 393 g/mol. The molecule has 3 aromatic rings. The molecular weight excluding hydrogens is 377 g/mol. The number of benzene rings is 2. The number of hydrogen-bond donors (Lipinski definition) is 1. The molecular formula is C22H17Cl2N3. The lowest BCUT2D eigenvalue weighted by Gasteiger charge is -2.27. The van der Waals surface area contributed by atoms with Crippen molar-refractivity contribution in [1.82, 2.24) is 4.98 Å². The average molecular weight is 394 g/mol. The summed E-state index contributed by atoms with van der Waals surface area (Å²) in [5.74, 6) is 0.660. The van der Waals surface area contributed by atoms with E-state index in [0.717, 1.165) is 41.6 Å². The fraction of sp³-hybridized carbons (Fsp3) is 0.182. The van der Waals surface area contributed by atoms with Crippen molar-refractivity contribution < 1.29 is 0 Å². The number of aromatic nitrogens is 1. The highest BCUT2D eigenvalue weighted by Gasteiger charge is 2.27. The number of halogens is 2. The number of aryl methyl sites for hydroxylation is 1. The fourth-order valence-corrected chi connectivity index (χ4v) is 4.17. The predicted octanol–water partition coefficient (Wildman–Crippen LogP) is 5.78. The minimum atomic E-state index is 0.274. The van der Waals surface area contributed by atoms with Crippen LogP contribution < -0.4 is 5.73 Å². The Balaban J connectivity index is 1.89. The van der Waals surface area contributed by atoms with Crippen molar-refractivity contribution in [2.75, 3.05) is 5.73 Å². The van der Waals surface area contributed by atoms with Crippen LogP contribution in [0.5, 0.6) is 0 Å². The number of nitrogens with two attached hydrogens (primary N) is 1. The second kappa shape index (κ2) is 7.23. The lowest BCUT2D eigenvalue weighted by molar-refractivity contribution is 0.576. The zero-order valence-electron chi connectivity index (χ0n) is 14.5. The number of pyridine rings is 1. The van der Waals surface area contributed by atoms with Gasteiger partial charge in [0, 0.05) is 11.3 Å². The third kappa shape index (κ3) is 3.27. The Hall–Kier alpha value is -2.54. The maximum absolute atomic E-state index is 9.74. The minimum absolute atomic E-state index is 0.274. The normalized spacial score (nSPS) is 15.8. The van der Waals surface area contributed by atoms with E-state index in [1.54, 1.807) is 12.1 Å². The number of fused-ring (bicyclic) bond motifs is 1. The van der Waals surface area contributed by atoms with E-state index in [-0.39, 0.29) is 5.82 Å². The van der Waals surface area contributed by atoms with Gasteiger partial charge in [0.25, 0.3) is 0 Å². The van der Waals surface area contributed by atoms with Crippen LogP contribution in [0.25, 0.3) is 11.1 Å². The Bertz CT molecular complexity index is 1060. The van der Waals surface area contributed by atoms with E-state index in [1.807, 2.05) is 12.1 Å². The largest absolute Gasteiger partial charge is 0.383 e. The van der Waals surface area contributed by atoms with Crippen molar-refractivity contribution >= 4 is 29.0 Å².